The maximum Gasteiger partial charge on any atom is 0.358 e. The molecule has 1 fully saturated rings. The van der Waals surface area contributed by atoms with Gasteiger partial charge in [0.15, 0.2) is 5.69 Å². The highest BCUT2D eigenvalue weighted by Crippen LogP contribution is 2.22. The van der Waals surface area contributed by atoms with Crippen LogP contribution in [-0.2, 0) is 11.3 Å². The first-order chi connectivity index (χ1) is 12.6. The average Bonchev–Trinajstić information content (AvgIpc) is 3.30. The predicted molar refractivity (Wildman–Crippen MR) is 93.8 cm³/mol. The molecule has 0 radical (unpaired) electrons. The Balaban J connectivity index is 1.38. The Kier molecular flexibility index (Phi) is 4.16. The molecule has 0 bridgehead atoms. The summed E-state index contributed by atoms with van der Waals surface area (Å²) in [5.41, 5.74) is 1.00. The van der Waals surface area contributed by atoms with Crippen LogP contribution >= 0.6 is 0 Å². The summed E-state index contributed by atoms with van der Waals surface area (Å²) in [7, 11) is 0. The van der Waals surface area contributed by atoms with Gasteiger partial charge in [0, 0.05) is 24.8 Å². The zero-order valence-electron chi connectivity index (χ0n) is 14.2. The summed E-state index contributed by atoms with van der Waals surface area (Å²) in [5, 5.41) is 17.6. The Hall–Kier alpha value is -3.16. The Morgan fingerprint density at radius 3 is 2.65 bits per heavy atom. The number of para-hydroxylation sites is 1. The number of aromatic nitrogens is 4. The zero-order valence-corrected chi connectivity index (χ0v) is 14.2. The molecule has 1 amide bonds. The number of amides is 1. The van der Waals surface area contributed by atoms with E-state index in [0.717, 1.165) is 23.7 Å². The third-order valence-electron chi connectivity index (χ3n) is 4.91. The lowest BCUT2D eigenvalue weighted by molar-refractivity contribution is -0.133. The van der Waals surface area contributed by atoms with E-state index in [9.17, 15) is 9.59 Å². The zero-order chi connectivity index (χ0) is 18.1. The van der Waals surface area contributed by atoms with E-state index < -0.39 is 5.97 Å². The van der Waals surface area contributed by atoms with Gasteiger partial charge in [0.2, 0.25) is 5.91 Å². The molecule has 1 aromatic carbocycles. The van der Waals surface area contributed by atoms with Gasteiger partial charge in [-0.15, -0.1) is 5.10 Å². The molecular formula is C18H19N5O3. The number of carbonyl (C=O) groups excluding carboxylic acids is 1. The molecule has 4 rings (SSSR count). The molecule has 1 aliphatic rings. The summed E-state index contributed by atoms with van der Waals surface area (Å²) in [6.07, 6.45) is 4.87. The van der Waals surface area contributed by atoms with Crippen LogP contribution in [0.2, 0.25) is 0 Å². The summed E-state index contributed by atoms with van der Waals surface area (Å²) < 4.78 is 3.57. The third-order valence-corrected chi connectivity index (χ3v) is 4.91. The maximum atomic E-state index is 12.6. The molecule has 0 atom stereocenters. The topological polar surface area (TPSA) is 93.2 Å². The summed E-state index contributed by atoms with van der Waals surface area (Å²) in [4.78, 5) is 25.4. The molecule has 2 aromatic heterocycles. The summed E-state index contributed by atoms with van der Waals surface area (Å²) in [5.74, 6) is -0.988. The van der Waals surface area contributed by atoms with Crippen LogP contribution in [0.25, 0.3) is 10.9 Å². The lowest BCUT2D eigenvalue weighted by Gasteiger charge is -2.32. The molecule has 26 heavy (non-hydrogen) atoms. The number of fused-ring (bicyclic) bond motifs is 1. The minimum absolute atomic E-state index is 0.0528. The van der Waals surface area contributed by atoms with Crippen molar-refractivity contribution in [1.29, 1.82) is 0 Å². The molecule has 8 heteroatoms. The van der Waals surface area contributed by atoms with Crippen molar-refractivity contribution in [2.75, 3.05) is 13.1 Å². The van der Waals surface area contributed by atoms with Crippen LogP contribution in [0.4, 0.5) is 0 Å². The number of hydrogen-bond acceptors (Lipinski definition) is 4. The van der Waals surface area contributed by atoms with E-state index in [2.05, 4.69) is 10.3 Å². The second-order valence-electron chi connectivity index (χ2n) is 6.50. The van der Waals surface area contributed by atoms with E-state index in [4.69, 9.17) is 5.11 Å². The van der Waals surface area contributed by atoms with E-state index in [1.165, 1.54) is 6.20 Å². The number of rotatable bonds is 4. The van der Waals surface area contributed by atoms with Crippen LogP contribution < -0.4 is 0 Å². The molecule has 1 saturated heterocycles. The smallest absolute Gasteiger partial charge is 0.358 e. The number of nitrogens with zero attached hydrogens (tertiary/aromatic N) is 5. The van der Waals surface area contributed by atoms with Crippen molar-refractivity contribution < 1.29 is 14.7 Å². The van der Waals surface area contributed by atoms with Crippen LogP contribution in [0, 0.1) is 0 Å². The van der Waals surface area contributed by atoms with E-state index in [1.807, 2.05) is 46.0 Å². The first-order valence-electron chi connectivity index (χ1n) is 8.58. The number of piperidine rings is 1. The fourth-order valence-corrected chi connectivity index (χ4v) is 3.46. The second kappa shape index (κ2) is 6.62. The molecule has 3 heterocycles. The van der Waals surface area contributed by atoms with Crippen molar-refractivity contribution in [2.45, 2.75) is 25.4 Å². The van der Waals surface area contributed by atoms with Gasteiger partial charge >= 0.3 is 5.97 Å². The van der Waals surface area contributed by atoms with Gasteiger partial charge in [-0.3, -0.25) is 4.79 Å². The van der Waals surface area contributed by atoms with Gasteiger partial charge in [-0.25, -0.2) is 9.48 Å². The Labute approximate surface area is 149 Å². The van der Waals surface area contributed by atoms with Crippen molar-refractivity contribution >= 4 is 22.8 Å². The van der Waals surface area contributed by atoms with Gasteiger partial charge in [-0.2, -0.15) is 0 Å². The maximum absolute atomic E-state index is 12.6. The lowest BCUT2D eigenvalue weighted by Crippen LogP contribution is -2.40. The Morgan fingerprint density at radius 2 is 1.92 bits per heavy atom. The number of carbonyl (C=O) groups is 2. The van der Waals surface area contributed by atoms with Crippen LogP contribution in [0.3, 0.4) is 0 Å². The molecule has 0 saturated carbocycles. The fraction of sp³-hybridized carbons (Fsp3) is 0.333. The first-order valence-corrected chi connectivity index (χ1v) is 8.58. The van der Waals surface area contributed by atoms with Gasteiger partial charge < -0.3 is 14.6 Å². The van der Waals surface area contributed by atoms with E-state index in [-0.39, 0.29) is 17.6 Å². The number of carboxylic acid groups (broad SMARTS) is 1. The molecule has 0 aliphatic carbocycles. The van der Waals surface area contributed by atoms with E-state index in [0.29, 0.717) is 19.6 Å². The number of carboxylic acids is 1. The number of aromatic carboxylic acids is 1. The molecule has 1 aliphatic heterocycles. The predicted octanol–water partition coefficient (Wildman–Crippen LogP) is 1.79. The van der Waals surface area contributed by atoms with Gasteiger partial charge in [0.1, 0.15) is 6.54 Å². The lowest BCUT2D eigenvalue weighted by atomic mass is 10.1. The molecule has 1 N–H and O–H groups in total. The fourth-order valence-electron chi connectivity index (χ4n) is 3.46. The van der Waals surface area contributed by atoms with Crippen molar-refractivity contribution in [1.82, 2.24) is 24.5 Å². The average molecular weight is 353 g/mol. The summed E-state index contributed by atoms with van der Waals surface area (Å²) >= 11 is 0. The van der Waals surface area contributed by atoms with Gasteiger partial charge in [0.25, 0.3) is 0 Å². The van der Waals surface area contributed by atoms with Crippen LogP contribution in [0.5, 0.6) is 0 Å². The normalized spacial score (nSPS) is 15.5. The summed E-state index contributed by atoms with van der Waals surface area (Å²) in [6.45, 7) is 1.58. The Bertz CT molecular complexity index is 953. The van der Waals surface area contributed by atoms with E-state index >= 15 is 0 Å². The first kappa shape index (κ1) is 16.3. The quantitative estimate of drug-likeness (QED) is 0.772. The van der Waals surface area contributed by atoms with Crippen LogP contribution in [0.1, 0.15) is 29.4 Å². The number of hydrogen-bond donors (Lipinski definition) is 1. The third kappa shape index (κ3) is 3.05. The highest BCUT2D eigenvalue weighted by molar-refractivity contribution is 5.84. The minimum Gasteiger partial charge on any atom is -0.476 e. The molecule has 3 aromatic rings. The van der Waals surface area contributed by atoms with Crippen molar-refractivity contribution in [3.05, 3.63) is 48.4 Å². The van der Waals surface area contributed by atoms with E-state index in [1.54, 1.807) is 4.68 Å². The molecule has 0 spiro atoms. The van der Waals surface area contributed by atoms with Gasteiger partial charge in [0.05, 0.1) is 12.2 Å². The number of likely N-dealkylation sites (tertiary alicyclic amines) is 1. The SMILES string of the molecule is O=C(O)c1cn(C2CCN(C(=O)Cn3ccc4ccccc43)CC2)nn1. The second-order valence-corrected chi connectivity index (χ2v) is 6.50. The van der Waals surface area contributed by atoms with Crippen LogP contribution in [0.15, 0.2) is 42.7 Å². The van der Waals surface area contributed by atoms with Crippen molar-refractivity contribution in [3.8, 4) is 0 Å². The highest BCUT2D eigenvalue weighted by atomic mass is 16.4. The largest absolute Gasteiger partial charge is 0.476 e. The van der Waals surface area contributed by atoms with Gasteiger partial charge in [-0.1, -0.05) is 23.4 Å². The van der Waals surface area contributed by atoms with Crippen LogP contribution in [-0.4, -0.2) is 54.5 Å². The van der Waals surface area contributed by atoms with Crippen molar-refractivity contribution in [3.63, 3.8) is 0 Å². The molecule has 0 unspecified atom stereocenters. The standard InChI is InChI=1S/C18H19N5O3/c24-17(12-22-8-5-13-3-1-2-4-16(13)22)21-9-6-14(7-10-21)23-11-15(18(25)26)19-20-23/h1-5,8,11,14H,6-7,9-10,12H2,(H,25,26). The monoisotopic (exact) mass is 353 g/mol. The summed E-state index contributed by atoms with van der Waals surface area (Å²) in [6, 6.07) is 10.1. The minimum atomic E-state index is -1.08. The molecule has 134 valence electrons. The van der Waals surface area contributed by atoms with Gasteiger partial charge in [-0.05, 0) is 30.4 Å². The number of benzene rings is 1. The molecular weight excluding hydrogens is 334 g/mol. The Morgan fingerprint density at radius 1 is 1.15 bits per heavy atom. The highest BCUT2D eigenvalue weighted by Gasteiger charge is 2.25. The van der Waals surface area contributed by atoms with Crippen molar-refractivity contribution in [2.24, 2.45) is 0 Å². The molecule has 8 nitrogen and oxygen atoms in total.